The molecule has 100 valence electrons. The second kappa shape index (κ2) is 6.03. The zero-order valence-corrected chi connectivity index (χ0v) is 12.2. The molecule has 3 N–H and O–H groups in total. The lowest BCUT2D eigenvalue weighted by Crippen LogP contribution is -2.21. The third-order valence-corrected chi connectivity index (χ3v) is 4.44. The van der Waals surface area contributed by atoms with Crippen molar-refractivity contribution in [2.24, 2.45) is 11.8 Å². The van der Waals surface area contributed by atoms with E-state index in [0.29, 0.717) is 15.7 Å². The van der Waals surface area contributed by atoms with Crippen LogP contribution in [0.1, 0.15) is 32.6 Å². The van der Waals surface area contributed by atoms with Crippen molar-refractivity contribution in [1.82, 2.24) is 0 Å². The van der Waals surface area contributed by atoms with Crippen LogP contribution in [-0.2, 0) is 0 Å². The molecule has 4 heteroatoms. The fourth-order valence-corrected chi connectivity index (χ4v) is 3.05. The molecule has 0 heterocycles. The third kappa shape index (κ3) is 3.46. The minimum atomic E-state index is 0.506. The summed E-state index contributed by atoms with van der Waals surface area (Å²) in [5.41, 5.74) is 7.48. The zero-order valence-electron chi connectivity index (χ0n) is 10.7. The van der Waals surface area contributed by atoms with Crippen LogP contribution in [-0.4, -0.2) is 6.54 Å². The van der Waals surface area contributed by atoms with E-state index in [-0.39, 0.29) is 0 Å². The summed E-state index contributed by atoms with van der Waals surface area (Å²) in [5.74, 6) is 1.58. The molecule has 1 fully saturated rings. The van der Waals surface area contributed by atoms with Crippen molar-refractivity contribution in [1.29, 1.82) is 0 Å². The number of hydrogen-bond donors (Lipinski definition) is 2. The Bertz CT molecular complexity index is 421. The molecule has 1 aromatic carbocycles. The Hall–Kier alpha value is -0.600. The van der Waals surface area contributed by atoms with Crippen molar-refractivity contribution >= 4 is 34.6 Å². The molecule has 2 rings (SSSR count). The van der Waals surface area contributed by atoms with E-state index in [1.54, 1.807) is 6.07 Å². The Balaban J connectivity index is 1.95. The van der Waals surface area contributed by atoms with E-state index >= 15 is 0 Å². The first kappa shape index (κ1) is 13.8. The molecule has 2 nitrogen and oxygen atoms in total. The van der Waals surface area contributed by atoms with Crippen LogP contribution in [0.4, 0.5) is 11.4 Å². The number of halogens is 2. The summed E-state index contributed by atoms with van der Waals surface area (Å²) in [6, 6.07) is 3.52. The second-order valence-corrected chi connectivity index (χ2v) is 6.19. The highest BCUT2D eigenvalue weighted by Crippen LogP contribution is 2.32. The van der Waals surface area contributed by atoms with Gasteiger partial charge in [-0.3, -0.25) is 0 Å². The average Bonchev–Trinajstić information content (AvgIpc) is 2.32. The zero-order chi connectivity index (χ0) is 13.1. The van der Waals surface area contributed by atoms with E-state index in [1.807, 2.05) is 6.07 Å². The van der Waals surface area contributed by atoms with Crippen LogP contribution in [0.25, 0.3) is 0 Å². The van der Waals surface area contributed by atoms with Gasteiger partial charge in [0.1, 0.15) is 0 Å². The topological polar surface area (TPSA) is 38.0 Å². The number of hydrogen-bond acceptors (Lipinski definition) is 2. The molecular formula is C14H20Cl2N2. The molecule has 2 unspecified atom stereocenters. The van der Waals surface area contributed by atoms with Crippen molar-refractivity contribution in [2.45, 2.75) is 32.6 Å². The van der Waals surface area contributed by atoms with Crippen molar-refractivity contribution < 1.29 is 0 Å². The lowest BCUT2D eigenvalue weighted by molar-refractivity contribution is 0.293. The molecule has 1 aliphatic rings. The summed E-state index contributed by atoms with van der Waals surface area (Å²) in [7, 11) is 0. The molecule has 0 aromatic heterocycles. The molecule has 1 saturated carbocycles. The van der Waals surface area contributed by atoms with Crippen LogP contribution >= 0.6 is 23.2 Å². The fourth-order valence-electron chi connectivity index (χ4n) is 2.71. The number of benzene rings is 1. The number of nitrogen functional groups attached to an aromatic ring is 1. The normalized spacial score (nSPS) is 23.9. The molecule has 1 aliphatic carbocycles. The first-order chi connectivity index (χ1) is 8.56. The summed E-state index contributed by atoms with van der Waals surface area (Å²) in [4.78, 5) is 0. The highest BCUT2D eigenvalue weighted by Gasteiger charge is 2.18. The minimum Gasteiger partial charge on any atom is -0.397 e. The largest absolute Gasteiger partial charge is 0.397 e. The Labute approximate surface area is 119 Å². The molecule has 0 spiro atoms. The van der Waals surface area contributed by atoms with E-state index in [9.17, 15) is 0 Å². The molecular weight excluding hydrogens is 267 g/mol. The molecule has 0 amide bonds. The Morgan fingerprint density at radius 3 is 2.72 bits per heavy atom. The molecule has 0 saturated heterocycles. The van der Waals surface area contributed by atoms with Gasteiger partial charge < -0.3 is 11.1 Å². The number of rotatable bonds is 3. The van der Waals surface area contributed by atoms with Crippen LogP contribution in [0.15, 0.2) is 12.1 Å². The Morgan fingerprint density at radius 1 is 1.28 bits per heavy atom. The van der Waals surface area contributed by atoms with E-state index in [4.69, 9.17) is 28.9 Å². The Kier molecular flexibility index (Phi) is 4.63. The van der Waals surface area contributed by atoms with Crippen LogP contribution in [0.3, 0.4) is 0 Å². The smallest absolute Gasteiger partial charge is 0.0614 e. The predicted octanol–water partition coefficient (Wildman–Crippen LogP) is 4.81. The van der Waals surface area contributed by atoms with E-state index < -0.39 is 0 Å². The average molecular weight is 287 g/mol. The van der Waals surface area contributed by atoms with Gasteiger partial charge in [0.05, 0.1) is 21.4 Å². The molecule has 18 heavy (non-hydrogen) atoms. The van der Waals surface area contributed by atoms with Gasteiger partial charge in [-0.2, -0.15) is 0 Å². The summed E-state index contributed by atoms with van der Waals surface area (Å²) >= 11 is 11.9. The van der Waals surface area contributed by atoms with Gasteiger partial charge in [0.25, 0.3) is 0 Å². The fraction of sp³-hybridized carbons (Fsp3) is 0.571. The van der Waals surface area contributed by atoms with Gasteiger partial charge in [-0.15, -0.1) is 0 Å². The van der Waals surface area contributed by atoms with Crippen molar-refractivity contribution in [2.75, 3.05) is 17.6 Å². The van der Waals surface area contributed by atoms with E-state index in [2.05, 4.69) is 12.2 Å². The summed E-state index contributed by atoms with van der Waals surface area (Å²) in [5, 5.41) is 4.46. The maximum atomic E-state index is 6.00. The van der Waals surface area contributed by atoms with Gasteiger partial charge in [-0.25, -0.2) is 0 Å². The summed E-state index contributed by atoms with van der Waals surface area (Å²) < 4.78 is 0. The quantitative estimate of drug-likeness (QED) is 0.783. The van der Waals surface area contributed by atoms with Crippen LogP contribution < -0.4 is 11.1 Å². The highest BCUT2D eigenvalue weighted by atomic mass is 35.5. The predicted molar refractivity (Wildman–Crippen MR) is 80.5 cm³/mol. The van der Waals surface area contributed by atoms with Gasteiger partial charge in [-0.1, -0.05) is 43.0 Å². The molecule has 2 atom stereocenters. The summed E-state index contributed by atoms with van der Waals surface area (Å²) in [6.07, 6.45) is 5.31. The molecule has 1 aromatic rings. The van der Waals surface area contributed by atoms with Gasteiger partial charge in [0.2, 0.25) is 0 Å². The number of anilines is 2. The molecule has 0 aliphatic heterocycles. The van der Waals surface area contributed by atoms with Gasteiger partial charge in [-0.05, 0) is 36.8 Å². The highest BCUT2D eigenvalue weighted by molar-refractivity contribution is 6.42. The summed E-state index contributed by atoms with van der Waals surface area (Å²) in [6.45, 7) is 3.30. The third-order valence-electron chi connectivity index (χ3n) is 3.72. The monoisotopic (exact) mass is 286 g/mol. The maximum absolute atomic E-state index is 6.00. The lowest BCUT2D eigenvalue weighted by Gasteiger charge is -2.27. The van der Waals surface area contributed by atoms with Gasteiger partial charge in [0, 0.05) is 6.54 Å². The number of nitrogens with two attached hydrogens (primary N) is 1. The first-order valence-electron chi connectivity index (χ1n) is 6.54. The van der Waals surface area contributed by atoms with Crippen molar-refractivity contribution in [3.05, 3.63) is 22.2 Å². The lowest BCUT2D eigenvalue weighted by atomic mass is 9.82. The van der Waals surface area contributed by atoms with Crippen LogP contribution in [0, 0.1) is 11.8 Å². The van der Waals surface area contributed by atoms with Gasteiger partial charge >= 0.3 is 0 Å². The second-order valence-electron chi connectivity index (χ2n) is 5.37. The molecule has 0 bridgehead atoms. The Morgan fingerprint density at radius 2 is 2.00 bits per heavy atom. The van der Waals surface area contributed by atoms with Gasteiger partial charge in [0.15, 0.2) is 0 Å². The van der Waals surface area contributed by atoms with Crippen LogP contribution in [0.5, 0.6) is 0 Å². The first-order valence-corrected chi connectivity index (χ1v) is 7.30. The number of nitrogens with one attached hydrogen (secondary N) is 1. The minimum absolute atomic E-state index is 0.506. The van der Waals surface area contributed by atoms with Crippen molar-refractivity contribution in [3.63, 3.8) is 0 Å². The SMILES string of the molecule is CC1CCCC(CNc2cc(Cl)c(Cl)cc2N)C1. The van der Waals surface area contributed by atoms with E-state index in [1.165, 1.54) is 25.7 Å². The van der Waals surface area contributed by atoms with Crippen molar-refractivity contribution in [3.8, 4) is 0 Å². The maximum Gasteiger partial charge on any atom is 0.0614 e. The van der Waals surface area contributed by atoms with Crippen LogP contribution in [0.2, 0.25) is 10.0 Å². The van der Waals surface area contributed by atoms with E-state index in [0.717, 1.165) is 24.1 Å². The standard InChI is InChI=1S/C14H20Cl2N2/c1-9-3-2-4-10(5-9)8-18-14-7-12(16)11(15)6-13(14)17/h6-7,9-10,18H,2-5,8,17H2,1H3. The molecule has 0 radical (unpaired) electrons.